The van der Waals surface area contributed by atoms with E-state index in [-0.39, 0.29) is 12.0 Å². The van der Waals surface area contributed by atoms with Crippen molar-refractivity contribution in [2.75, 3.05) is 0 Å². The number of aliphatic hydroxyl groups is 1. The van der Waals surface area contributed by atoms with Crippen LogP contribution in [0.3, 0.4) is 0 Å². The van der Waals surface area contributed by atoms with E-state index >= 15 is 0 Å². The molecule has 1 atom stereocenters. The van der Waals surface area contributed by atoms with E-state index < -0.39 is 23.6 Å². The highest BCUT2D eigenvalue weighted by Crippen LogP contribution is 2.17. The third-order valence-corrected chi connectivity index (χ3v) is 2.40. The van der Waals surface area contributed by atoms with Crippen molar-refractivity contribution in [3.8, 4) is 0 Å². The van der Waals surface area contributed by atoms with Gasteiger partial charge in [0.1, 0.15) is 17.5 Å². The molecular weight excluding hydrogens is 217 g/mol. The summed E-state index contributed by atoms with van der Waals surface area (Å²) < 4.78 is 38.9. The second-order valence-electron chi connectivity index (χ2n) is 3.94. The Bertz CT molecular complexity index is 327. The Labute approximate surface area is 92.9 Å². The number of hydrogen-bond acceptors (Lipinski definition) is 1. The minimum Gasteiger partial charge on any atom is -0.393 e. The van der Waals surface area contributed by atoms with E-state index in [1.807, 2.05) is 0 Å². The van der Waals surface area contributed by atoms with E-state index in [1.165, 1.54) is 0 Å². The standard InChI is InChI=1S/C12H15F3O/c1-8(16)4-2-3-5-10-11(14)6-9(13)7-12(10)15/h6-8,16H,2-5H2,1H3. The first-order valence-corrected chi connectivity index (χ1v) is 5.32. The zero-order chi connectivity index (χ0) is 12.1. The fraction of sp³-hybridized carbons (Fsp3) is 0.500. The molecule has 1 nitrogen and oxygen atoms in total. The van der Waals surface area contributed by atoms with Crippen LogP contribution in [-0.2, 0) is 6.42 Å². The summed E-state index contributed by atoms with van der Waals surface area (Å²) in [4.78, 5) is 0. The van der Waals surface area contributed by atoms with Gasteiger partial charge in [0.2, 0.25) is 0 Å². The monoisotopic (exact) mass is 232 g/mol. The molecule has 4 heteroatoms. The van der Waals surface area contributed by atoms with Gasteiger partial charge in [-0.25, -0.2) is 13.2 Å². The molecule has 1 aromatic carbocycles. The normalized spacial score (nSPS) is 12.8. The molecule has 0 fully saturated rings. The Morgan fingerprint density at radius 1 is 1.12 bits per heavy atom. The largest absolute Gasteiger partial charge is 0.393 e. The molecule has 0 spiro atoms. The molecule has 0 aliphatic rings. The van der Waals surface area contributed by atoms with E-state index in [0.717, 1.165) is 0 Å². The molecule has 0 heterocycles. The lowest BCUT2D eigenvalue weighted by Gasteiger charge is -2.06. The maximum atomic E-state index is 13.2. The maximum Gasteiger partial charge on any atom is 0.132 e. The van der Waals surface area contributed by atoms with Gasteiger partial charge in [0.15, 0.2) is 0 Å². The molecule has 0 saturated carbocycles. The second-order valence-corrected chi connectivity index (χ2v) is 3.94. The number of aliphatic hydroxyl groups excluding tert-OH is 1. The van der Waals surface area contributed by atoms with Crippen LogP contribution in [0.4, 0.5) is 13.2 Å². The smallest absolute Gasteiger partial charge is 0.132 e. The Kier molecular flexibility index (Phi) is 4.80. The van der Waals surface area contributed by atoms with E-state index in [1.54, 1.807) is 6.92 Å². The summed E-state index contributed by atoms with van der Waals surface area (Å²) >= 11 is 0. The summed E-state index contributed by atoms with van der Waals surface area (Å²) in [5.41, 5.74) is -0.0769. The molecule has 1 aromatic rings. The first-order chi connectivity index (χ1) is 7.50. The van der Waals surface area contributed by atoms with Crippen molar-refractivity contribution in [3.05, 3.63) is 35.1 Å². The number of unbranched alkanes of at least 4 members (excludes halogenated alkanes) is 1. The predicted molar refractivity (Wildman–Crippen MR) is 55.6 cm³/mol. The summed E-state index contributed by atoms with van der Waals surface area (Å²) in [5.74, 6) is -2.58. The zero-order valence-electron chi connectivity index (χ0n) is 9.14. The van der Waals surface area contributed by atoms with Crippen LogP contribution in [-0.4, -0.2) is 11.2 Å². The van der Waals surface area contributed by atoms with Gasteiger partial charge in [0.25, 0.3) is 0 Å². The third-order valence-electron chi connectivity index (χ3n) is 2.40. The van der Waals surface area contributed by atoms with Gasteiger partial charge in [-0.05, 0) is 26.2 Å². The molecule has 0 radical (unpaired) electrons. The van der Waals surface area contributed by atoms with E-state index in [9.17, 15) is 13.2 Å². The SMILES string of the molecule is CC(O)CCCCc1c(F)cc(F)cc1F. The highest BCUT2D eigenvalue weighted by Gasteiger charge is 2.10. The van der Waals surface area contributed by atoms with Crippen LogP contribution in [0.5, 0.6) is 0 Å². The van der Waals surface area contributed by atoms with Crippen molar-refractivity contribution < 1.29 is 18.3 Å². The minimum atomic E-state index is -0.900. The molecule has 0 aromatic heterocycles. The summed E-state index contributed by atoms with van der Waals surface area (Å²) in [6.45, 7) is 1.67. The van der Waals surface area contributed by atoms with Crippen LogP contribution >= 0.6 is 0 Å². The summed E-state index contributed by atoms with van der Waals surface area (Å²) in [6, 6.07) is 1.38. The molecule has 1 unspecified atom stereocenters. The van der Waals surface area contributed by atoms with Gasteiger partial charge < -0.3 is 5.11 Å². The molecule has 1 N–H and O–H groups in total. The average Bonchev–Trinajstić information content (AvgIpc) is 2.14. The fourth-order valence-corrected chi connectivity index (χ4v) is 1.55. The van der Waals surface area contributed by atoms with Gasteiger partial charge in [-0.2, -0.15) is 0 Å². The van der Waals surface area contributed by atoms with Crippen molar-refractivity contribution in [2.45, 2.75) is 38.7 Å². The molecule has 1 rings (SSSR count). The average molecular weight is 232 g/mol. The summed E-state index contributed by atoms with van der Waals surface area (Å²) in [6.07, 6.45) is 1.69. The molecule has 0 aliphatic heterocycles. The molecular formula is C12H15F3O. The lowest BCUT2D eigenvalue weighted by atomic mass is 10.0. The number of rotatable bonds is 5. The van der Waals surface area contributed by atoms with Crippen LogP contribution < -0.4 is 0 Å². The van der Waals surface area contributed by atoms with Gasteiger partial charge in [-0.3, -0.25) is 0 Å². The number of halogens is 3. The van der Waals surface area contributed by atoms with Gasteiger partial charge in [0.05, 0.1) is 6.10 Å². The number of benzene rings is 1. The van der Waals surface area contributed by atoms with E-state index in [2.05, 4.69) is 0 Å². The summed E-state index contributed by atoms with van der Waals surface area (Å²) in [5, 5.41) is 9.00. The zero-order valence-corrected chi connectivity index (χ0v) is 9.14. The van der Waals surface area contributed by atoms with Gasteiger partial charge >= 0.3 is 0 Å². The molecule has 0 aliphatic carbocycles. The third kappa shape index (κ3) is 3.85. The van der Waals surface area contributed by atoms with Gasteiger partial charge in [0, 0.05) is 17.7 Å². The lowest BCUT2D eigenvalue weighted by molar-refractivity contribution is 0.180. The number of hydrogen-bond donors (Lipinski definition) is 1. The Morgan fingerprint density at radius 2 is 1.69 bits per heavy atom. The molecule has 90 valence electrons. The minimum absolute atomic E-state index is 0.0769. The van der Waals surface area contributed by atoms with Crippen LogP contribution in [0.15, 0.2) is 12.1 Å². The van der Waals surface area contributed by atoms with E-state index in [4.69, 9.17) is 5.11 Å². The molecule has 0 amide bonds. The molecule has 16 heavy (non-hydrogen) atoms. The van der Waals surface area contributed by atoms with Crippen molar-refractivity contribution in [1.29, 1.82) is 0 Å². The first-order valence-electron chi connectivity index (χ1n) is 5.32. The topological polar surface area (TPSA) is 20.2 Å². The van der Waals surface area contributed by atoms with Gasteiger partial charge in [-0.1, -0.05) is 6.42 Å². The van der Waals surface area contributed by atoms with Crippen molar-refractivity contribution in [1.82, 2.24) is 0 Å². The van der Waals surface area contributed by atoms with Crippen LogP contribution in [0.25, 0.3) is 0 Å². The van der Waals surface area contributed by atoms with E-state index in [0.29, 0.717) is 31.4 Å². The van der Waals surface area contributed by atoms with Crippen molar-refractivity contribution in [2.24, 2.45) is 0 Å². The van der Waals surface area contributed by atoms with Crippen LogP contribution in [0.2, 0.25) is 0 Å². The summed E-state index contributed by atoms with van der Waals surface area (Å²) in [7, 11) is 0. The van der Waals surface area contributed by atoms with Crippen LogP contribution in [0, 0.1) is 17.5 Å². The highest BCUT2D eigenvalue weighted by atomic mass is 19.1. The van der Waals surface area contributed by atoms with Crippen LogP contribution in [0.1, 0.15) is 31.7 Å². The van der Waals surface area contributed by atoms with Crippen molar-refractivity contribution in [3.63, 3.8) is 0 Å². The van der Waals surface area contributed by atoms with Gasteiger partial charge in [-0.15, -0.1) is 0 Å². The second kappa shape index (κ2) is 5.89. The maximum absolute atomic E-state index is 13.2. The predicted octanol–water partition coefficient (Wildman–Crippen LogP) is 3.20. The first kappa shape index (κ1) is 13.0. The Hall–Kier alpha value is -1.03. The Morgan fingerprint density at radius 3 is 2.19 bits per heavy atom. The molecule has 0 saturated heterocycles. The highest BCUT2D eigenvalue weighted by molar-refractivity contribution is 5.20. The quantitative estimate of drug-likeness (QED) is 0.773. The fourth-order valence-electron chi connectivity index (χ4n) is 1.55. The Balaban J connectivity index is 2.54. The lowest BCUT2D eigenvalue weighted by Crippen LogP contribution is -2.01. The van der Waals surface area contributed by atoms with Crippen molar-refractivity contribution >= 4 is 0 Å². The molecule has 0 bridgehead atoms.